The highest BCUT2D eigenvalue weighted by molar-refractivity contribution is 6.30. The van der Waals surface area contributed by atoms with Crippen LogP contribution in [0.15, 0.2) is 77.9 Å². The fourth-order valence-corrected chi connectivity index (χ4v) is 2.72. The summed E-state index contributed by atoms with van der Waals surface area (Å²) in [6.45, 7) is 1.92. The molecule has 0 radical (unpaired) electrons. The SMILES string of the molecule is CCc1ccc(OCC(=O)N/N=C\c2cccc(OC(=O)c3ccc(Cl)cc3)c2)cc1. The van der Waals surface area contributed by atoms with Crippen molar-refractivity contribution in [3.63, 3.8) is 0 Å². The lowest BCUT2D eigenvalue weighted by molar-refractivity contribution is -0.123. The molecule has 1 amide bonds. The quantitative estimate of drug-likeness (QED) is 0.241. The zero-order chi connectivity index (χ0) is 22.1. The first kappa shape index (κ1) is 22.1. The summed E-state index contributed by atoms with van der Waals surface area (Å²) >= 11 is 5.83. The Hall–Kier alpha value is -3.64. The monoisotopic (exact) mass is 436 g/mol. The lowest BCUT2D eigenvalue weighted by Gasteiger charge is -2.06. The maximum Gasteiger partial charge on any atom is 0.343 e. The molecule has 0 aromatic heterocycles. The first-order valence-electron chi connectivity index (χ1n) is 9.65. The molecule has 0 spiro atoms. The second-order valence-electron chi connectivity index (χ2n) is 6.55. The number of benzene rings is 3. The predicted molar refractivity (Wildman–Crippen MR) is 120 cm³/mol. The minimum atomic E-state index is -0.497. The summed E-state index contributed by atoms with van der Waals surface area (Å²) in [7, 11) is 0. The molecule has 3 aromatic carbocycles. The molecule has 0 aliphatic heterocycles. The van der Waals surface area contributed by atoms with Crippen molar-refractivity contribution in [3.8, 4) is 11.5 Å². The largest absolute Gasteiger partial charge is 0.484 e. The van der Waals surface area contributed by atoms with E-state index in [9.17, 15) is 9.59 Å². The molecule has 3 aromatic rings. The lowest BCUT2D eigenvalue weighted by atomic mass is 10.2. The van der Waals surface area contributed by atoms with Crippen LogP contribution in [0.2, 0.25) is 5.02 Å². The van der Waals surface area contributed by atoms with Gasteiger partial charge in [0.2, 0.25) is 0 Å². The van der Waals surface area contributed by atoms with Gasteiger partial charge in [-0.3, -0.25) is 4.79 Å². The van der Waals surface area contributed by atoms with Gasteiger partial charge in [0.05, 0.1) is 11.8 Å². The summed E-state index contributed by atoms with van der Waals surface area (Å²) in [5, 5.41) is 4.45. The van der Waals surface area contributed by atoms with E-state index in [1.165, 1.54) is 11.8 Å². The van der Waals surface area contributed by atoms with E-state index < -0.39 is 5.97 Å². The second-order valence-corrected chi connectivity index (χ2v) is 6.98. The Morgan fingerprint density at radius 3 is 2.45 bits per heavy atom. The topological polar surface area (TPSA) is 77.0 Å². The van der Waals surface area contributed by atoms with Crippen LogP contribution < -0.4 is 14.9 Å². The lowest BCUT2D eigenvalue weighted by Crippen LogP contribution is -2.24. The molecular formula is C24H21ClN2O4. The average molecular weight is 437 g/mol. The third kappa shape index (κ3) is 6.97. The molecule has 31 heavy (non-hydrogen) atoms. The summed E-state index contributed by atoms with van der Waals surface area (Å²) < 4.78 is 10.8. The van der Waals surface area contributed by atoms with E-state index in [-0.39, 0.29) is 12.5 Å². The number of aryl methyl sites for hydroxylation is 1. The zero-order valence-electron chi connectivity index (χ0n) is 16.9. The number of ether oxygens (including phenoxy) is 2. The number of nitrogens with one attached hydrogen (secondary N) is 1. The van der Waals surface area contributed by atoms with Crippen LogP contribution in [0.3, 0.4) is 0 Å². The number of halogens is 1. The number of hydrogen-bond donors (Lipinski definition) is 1. The maximum atomic E-state index is 12.2. The van der Waals surface area contributed by atoms with Gasteiger partial charge in [0.1, 0.15) is 11.5 Å². The van der Waals surface area contributed by atoms with E-state index in [4.69, 9.17) is 21.1 Å². The summed E-state index contributed by atoms with van der Waals surface area (Å²) in [5.41, 5.74) is 4.64. The Morgan fingerprint density at radius 1 is 1.00 bits per heavy atom. The van der Waals surface area contributed by atoms with Gasteiger partial charge >= 0.3 is 5.97 Å². The smallest absolute Gasteiger partial charge is 0.343 e. The van der Waals surface area contributed by atoms with E-state index in [0.717, 1.165) is 6.42 Å². The maximum absolute atomic E-state index is 12.2. The van der Waals surface area contributed by atoms with E-state index >= 15 is 0 Å². The van der Waals surface area contributed by atoms with Crippen molar-refractivity contribution >= 4 is 29.7 Å². The van der Waals surface area contributed by atoms with Gasteiger partial charge in [-0.1, -0.05) is 42.8 Å². The molecule has 3 rings (SSSR count). The average Bonchev–Trinajstić information content (AvgIpc) is 2.79. The van der Waals surface area contributed by atoms with Crippen molar-refractivity contribution in [2.24, 2.45) is 5.10 Å². The van der Waals surface area contributed by atoms with E-state index in [2.05, 4.69) is 17.5 Å². The number of hydrogen-bond acceptors (Lipinski definition) is 5. The van der Waals surface area contributed by atoms with Crippen LogP contribution in [0.4, 0.5) is 0 Å². The van der Waals surface area contributed by atoms with Crippen LogP contribution in [0.5, 0.6) is 11.5 Å². The number of hydrazone groups is 1. The molecule has 0 heterocycles. The number of carbonyl (C=O) groups is 2. The van der Waals surface area contributed by atoms with Crippen LogP contribution in [-0.4, -0.2) is 24.7 Å². The van der Waals surface area contributed by atoms with Gasteiger partial charge in [-0.15, -0.1) is 0 Å². The van der Waals surface area contributed by atoms with Crippen LogP contribution in [0, 0.1) is 0 Å². The Bertz CT molecular complexity index is 1060. The number of carbonyl (C=O) groups excluding carboxylic acids is 2. The molecule has 0 bridgehead atoms. The molecule has 6 nitrogen and oxygen atoms in total. The molecule has 0 fully saturated rings. The molecule has 0 aliphatic rings. The molecule has 1 N–H and O–H groups in total. The first-order chi connectivity index (χ1) is 15.0. The normalized spacial score (nSPS) is 10.6. The second kappa shape index (κ2) is 10.9. The van der Waals surface area contributed by atoms with E-state index in [1.54, 1.807) is 48.5 Å². The molecule has 0 aliphatic carbocycles. The van der Waals surface area contributed by atoms with Gasteiger partial charge < -0.3 is 9.47 Å². The molecule has 0 atom stereocenters. The number of nitrogens with zero attached hydrogens (tertiary/aromatic N) is 1. The minimum absolute atomic E-state index is 0.151. The van der Waals surface area contributed by atoms with Crippen LogP contribution >= 0.6 is 11.6 Å². The van der Waals surface area contributed by atoms with Crippen LogP contribution in [0.25, 0.3) is 0 Å². The van der Waals surface area contributed by atoms with Crippen LogP contribution in [-0.2, 0) is 11.2 Å². The van der Waals surface area contributed by atoms with Crippen molar-refractivity contribution in [2.45, 2.75) is 13.3 Å². The third-order valence-electron chi connectivity index (χ3n) is 4.25. The summed E-state index contributed by atoms with van der Waals surface area (Å²) in [5.74, 6) is 0.0879. The van der Waals surface area contributed by atoms with Gasteiger partial charge in [-0.2, -0.15) is 5.10 Å². The highest BCUT2D eigenvalue weighted by Crippen LogP contribution is 2.16. The Morgan fingerprint density at radius 2 is 1.74 bits per heavy atom. The number of rotatable bonds is 8. The number of esters is 1. The first-order valence-corrected chi connectivity index (χ1v) is 10.0. The highest BCUT2D eigenvalue weighted by Gasteiger charge is 2.08. The van der Waals surface area contributed by atoms with Crippen LogP contribution in [0.1, 0.15) is 28.4 Å². The Balaban J connectivity index is 1.49. The molecule has 0 unspecified atom stereocenters. The van der Waals surface area contributed by atoms with E-state index in [1.807, 2.05) is 24.3 Å². The highest BCUT2D eigenvalue weighted by atomic mass is 35.5. The van der Waals surface area contributed by atoms with Gasteiger partial charge in [-0.25, -0.2) is 10.2 Å². The van der Waals surface area contributed by atoms with Gasteiger partial charge in [-0.05, 0) is 66.1 Å². The summed E-state index contributed by atoms with van der Waals surface area (Å²) in [4.78, 5) is 24.1. The third-order valence-corrected chi connectivity index (χ3v) is 4.50. The fourth-order valence-electron chi connectivity index (χ4n) is 2.59. The minimum Gasteiger partial charge on any atom is -0.484 e. The molecule has 0 saturated heterocycles. The standard InChI is InChI=1S/C24H21ClN2O4/c1-2-17-6-12-21(13-7-17)30-16-23(28)27-26-15-18-4-3-5-22(14-18)31-24(29)19-8-10-20(25)11-9-19/h3-15H,2,16H2,1H3,(H,27,28)/b26-15-. The van der Waals surface area contributed by atoms with Gasteiger partial charge in [0, 0.05) is 5.02 Å². The van der Waals surface area contributed by atoms with Crippen molar-refractivity contribution in [1.29, 1.82) is 0 Å². The molecular weight excluding hydrogens is 416 g/mol. The van der Waals surface area contributed by atoms with Gasteiger partial charge in [0.25, 0.3) is 5.91 Å². The van der Waals surface area contributed by atoms with Gasteiger partial charge in [0.15, 0.2) is 6.61 Å². The number of amides is 1. The Labute approximate surface area is 185 Å². The summed E-state index contributed by atoms with van der Waals surface area (Å²) in [6.07, 6.45) is 2.39. The predicted octanol–water partition coefficient (Wildman–Crippen LogP) is 4.65. The molecule has 0 saturated carbocycles. The fraction of sp³-hybridized carbons (Fsp3) is 0.125. The zero-order valence-corrected chi connectivity index (χ0v) is 17.6. The van der Waals surface area contributed by atoms with Crippen molar-refractivity contribution < 1.29 is 19.1 Å². The molecule has 7 heteroatoms. The Kier molecular flexibility index (Phi) is 7.79. The summed E-state index contributed by atoms with van der Waals surface area (Å²) in [6, 6.07) is 20.8. The van der Waals surface area contributed by atoms with Crippen molar-refractivity contribution in [1.82, 2.24) is 5.43 Å². The van der Waals surface area contributed by atoms with Crippen molar-refractivity contribution in [2.75, 3.05) is 6.61 Å². The van der Waals surface area contributed by atoms with Crippen molar-refractivity contribution in [3.05, 3.63) is 94.5 Å². The molecule has 158 valence electrons. The van der Waals surface area contributed by atoms with E-state index in [0.29, 0.717) is 27.6 Å².